The molecule has 0 amide bonds. The maximum Gasteiger partial charge on any atom is 0.336 e. The fourth-order valence-electron chi connectivity index (χ4n) is 4.08. The van der Waals surface area contributed by atoms with Gasteiger partial charge in [0.15, 0.2) is 0 Å². The molecule has 0 unspecified atom stereocenters. The number of halogens is 1. The third-order valence-electron chi connectivity index (χ3n) is 5.97. The first-order chi connectivity index (χ1) is 19.3. The van der Waals surface area contributed by atoms with Gasteiger partial charge in [0, 0.05) is 17.2 Å². The average Bonchev–Trinajstić information content (AvgIpc) is 2.93. The van der Waals surface area contributed by atoms with Crippen molar-refractivity contribution in [3.63, 3.8) is 0 Å². The second-order valence-electron chi connectivity index (χ2n) is 9.25. The highest BCUT2D eigenvalue weighted by Crippen LogP contribution is 2.26. The van der Waals surface area contributed by atoms with E-state index in [1.54, 1.807) is 18.2 Å². The molecule has 0 aliphatic carbocycles. The normalized spacial score (nSPS) is 11.1. The summed E-state index contributed by atoms with van der Waals surface area (Å²) in [5.74, 6) is 1.02. The molecular weight excluding hydrogens is 528 g/mol. The number of rotatable bonds is 8. The Morgan fingerprint density at radius 3 is 2.27 bits per heavy atom. The predicted octanol–water partition coefficient (Wildman–Crippen LogP) is 8.05. The Morgan fingerprint density at radius 1 is 0.850 bits per heavy atom. The lowest BCUT2D eigenvalue weighted by molar-refractivity contribution is -0.128. The van der Waals surface area contributed by atoms with Crippen LogP contribution in [-0.2, 0) is 11.4 Å². The maximum absolute atomic E-state index is 12.9. The van der Waals surface area contributed by atoms with Gasteiger partial charge >= 0.3 is 5.97 Å². The topological polar surface area (TPSA) is 75.0 Å². The van der Waals surface area contributed by atoms with E-state index in [1.165, 1.54) is 18.4 Å². The number of carbonyl (C=O) groups is 1. The van der Waals surface area contributed by atoms with E-state index in [1.807, 2.05) is 80.6 Å². The first-order valence-electron chi connectivity index (χ1n) is 12.5. The molecule has 5 aromatic rings. The van der Waals surface area contributed by atoms with E-state index in [9.17, 15) is 9.59 Å². The van der Waals surface area contributed by atoms with Crippen LogP contribution in [0.4, 0.5) is 0 Å². The van der Waals surface area contributed by atoms with Crippen molar-refractivity contribution in [2.75, 3.05) is 0 Å². The monoisotopic (exact) mass is 552 g/mol. The molecule has 0 aliphatic rings. The smallest absolute Gasteiger partial charge is 0.336 e. The summed E-state index contributed by atoms with van der Waals surface area (Å²) in [5, 5.41) is 0.995. The van der Waals surface area contributed by atoms with Crippen molar-refractivity contribution in [1.82, 2.24) is 0 Å². The summed E-state index contributed by atoms with van der Waals surface area (Å²) in [4.78, 5) is 25.3. The minimum absolute atomic E-state index is 0.0755. The van der Waals surface area contributed by atoms with Gasteiger partial charge in [-0.15, -0.1) is 0 Å². The van der Waals surface area contributed by atoms with Crippen molar-refractivity contribution in [3.05, 3.63) is 135 Å². The molecule has 7 heteroatoms. The highest BCUT2D eigenvalue weighted by Gasteiger charge is 2.12. The molecular formula is C33H25ClO6. The van der Waals surface area contributed by atoms with Gasteiger partial charge in [-0.2, -0.15) is 0 Å². The lowest BCUT2D eigenvalue weighted by Gasteiger charge is -2.08. The van der Waals surface area contributed by atoms with Crippen molar-refractivity contribution in [2.45, 2.75) is 20.5 Å². The second-order valence-corrected chi connectivity index (χ2v) is 9.69. The third kappa shape index (κ3) is 6.79. The van der Waals surface area contributed by atoms with Crippen molar-refractivity contribution >= 4 is 34.6 Å². The van der Waals surface area contributed by atoms with Gasteiger partial charge < -0.3 is 18.6 Å². The summed E-state index contributed by atoms with van der Waals surface area (Å²) in [6, 6.07) is 25.1. The lowest BCUT2D eigenvalue weighted by Crippen LogP contribution is -2.06. The molecule has 4 aromatic carbocycles. The summed E-state index contributed by atoms with van der Waals surface area (Å²) in [6.45, 7) is 4.33. The number of ether oxygens (including phenoxy) is 3. The molecule has 40 heavy (non-hydrogen) atoms. The van der Waals surface area contributed by atoms with E-state index in [2.05, 4.69) is 0 Å². The Kier molecular flexibility index (Phi) is 7.99. The van der Waals surface area contributed by atoms with Gasteiger partial charge in [-0.05, 0) is 90.7 Å². The molecule has 6 nitrogen and oxygen atoms in total. The highest BCUT2D eigenvalue weighted by atomic mass is 35.5. The quantitative estimate of drug-likeness (QED) is 0.110. The lowest BCUT2D eigenvalue weighted by atomic mass is 10.1. The number of aryl methyl sites for hydroxylation is 2. The van der Waals surface area contributed by atoms with Crippen LogP contribution in [0.15, 0.2) is 106 Å². The molecule has 0 N–H and O–H groups in total. The van der Waals surface area contributed by atoms with Gasteiger partial charge in [-0.25, -0.2) is 4.79 Å². The van der Waals surface area contributed by atoms with E-state index in [-0.39, 0.29) is 22.5 Å². The van der Waals surface area contributed by atoms with E-state index in [4.69, 9.17) is 30.2 Å². The SMILES string of the molecule is Cc1cc(C)cc(Oc2coc3cc(OC(=O)C=Cc4ccc(OCc5ccc(Cl)cc5)cc4)ccc3c2=O)c1. The van der Waals surface area contributed by atoms with Crippen molar-refractivity contribution in [2.24, 2.45) is 0 Å². The molecule has 0 saturated carbocycles. The molecule has 0 atom stereocenters. The van der Waals surface area contributed by atoms with Crippen molar-refractivity contribution < 1.29 is 23.4 Å². The minimum Gasteiger partial charge on any atom is -0.489 e. The molecule has 0 saturated heterocycles. The fourth-order valence-corrected chi connectivity index (χ4v) is 4.21. The van der Waals surface area contributed by atoms with Gasteiger partial charge in [0.1, 0.15) is 35.7 Å². The number of fused-ring (bicyclic) bond motifs is 1. The Hall–Kier alpha value is -4.81. The zero-order chi connectivity index (χ0) is 28.1. The van der Waals surface area contributed by atoms with Gasteiger partial charge in [0.2, 0.25) is 11.2 Å². The Bertz CT molecular complexity index is 1730. The number of benzene rings is 4. The van der Waals surface area contributed by atoms with Crippen LogP contribution < -0.4 is 19.6 Å². The molecule has 0 radical (unpaired) electrons. The van der Waals surface area contributed by atoms with Crippen molar-refractivity contribution in [1.29, 1.82) is 0 Å². The molecule has 0 spiro atoms. The largest absolute Gasteiger partial charge is 0.489 e. The van der Waals surface area contributed by atoms with Crippen LogP contribution in [0.2, 0.25) is 5.02 Å². The van der Waals surface area contributed by atoms with E-state index in [0.29, 0.717) is 28.5 Å². The first kappa shape index (κ1) is 26.8. The van der Waals surface area contributed by atoms with Gasteiger partial charge in [0.25, 0.3) is 0 Å². The average molecular weight is 553 g/mol. The van der Waals surface area contributed by atoms with Crippen LogP contribution in [0, 0.1) is 13.8 Å². The summed E-state index contributed by atoms with van der Waals surface area (Å²) in [7, 11) is 0. The zero-order valence-electron chi connectivity index (χ0n) is 21.8. The molecule has 1 aromatic heterocycles. The number of hydrogen-bond acceptors (Lipinski definition) is 6. The first-order valence-corrected chi connectivity index (χ1v) is 12.9. The van der Waals surface area contributed by atoms with Crippen LogP contribution >= 0.6 is 11.6 Å². The maximum atomic E-state index is 12.9. The standard InChI is InChI=1S/C33H25ClO6/c1-21-15-22(2)17-28(16-21)39-31-20-38-30-18-27(12-13-29(30)33(31)36)40-32(35)14-7-23-5-10-26(11-6-23)37-19-24-3-8-25(34)9-4-24/h3-18,20H,19H2,1-2H3. The van der Waals surface area contributed by atoms with Crippen LogP contribution in [0.3, 0.4) is 0 Å². The predicted molar refractivity (Wildman–Crippen MR) is 155 cm³/mol. The Morgan fingerprint density at radius 2 is 1.55 bits per heavy atom. The second kappa shape index (κ2) is 11.9. The van der Waals surface area contributed by atoms with Gasteiger partial charge in [-0.3, -0.25) is 4.79 Å². The molecule has 200 valence electrons. The highest BCUT2D eigenvalue weighted by molar-refractivity contribution is 6.30. The van der Waals surface area contributed by atoms with Gasteiger partial charge in [0.05, 0.1) is 5.39 Å². The Labute approximate surface area is 236 Å². The van der Waals surface area contributed by atoms with Crippen LogP contribution in [0.1, 0.15) is 22.3 Å². The van der Waals surface area contributed by atoms with Crippen molar-refractivity contribution in [3.8, 4) is 23.0 Å². The fraction of sp³-hybridized carbons (Fsp3) is 0.0909. The summed E-state index contributed by atoms with van der Waals surface area (Å²) in [5.41, 5.74) is 3.82. The zero-order valence-corrected chi connectivity index (χ0v) is 22.6. The number of esters is 1. The molecule has 1 heterocycles. The van der Waals surface area contributed by atoms with Gasteiger partial charge in [-0.1, -0.05) is 41.9 Å². The summed E-state index contributed by atoms with van der Waals surface area (Å²) >= 11 is 5.91. The summed E-state index contributed by atoms with van der Waals surface area (Å²) < 4.78 is 22.6. The molecule has 0 fully saturated rings. The van der Waals surface area contributed by atoms with Crippen LogP contribution in [-0.4, -0.2) is 5.97 Å². The van der Waals surface area contributed by atoms with E-state index >= 15 is 0 Å². The molecule has 0 bridgehead atoms. The Balaban J connectivity index is 1.20. The van der Waals surface area contributed by atoms with E-state index < -0.39 is 5.97 Å². The van der Waals surface area contributed by atoms with Crippen LogP contribution in [0.5, 0.6) is 23.0 Å². The minimum atomic E-state index is -0.570. The number of hydrogen-bond donors (Lipinski definition) is 0. The summed E-state index contributed by atoms with van der Waals surface area (Å²) in [6.07, 6.45) is 4.23. The molecule has 5 rings (SSSR count). The third-order valence-corrected chi connectivity index (χ3v) is 6.22. The van der Waals surface area contributed by atoms with E-state index in [0.717, 1.165) is 22.3 Å². The molecule has 0 aliphatic heterocycles. The van der Waals surface area contributed by atoms with Crippen LogP contribution in [0.25, 0.3) is 17.0 Å². The number of carbonyl (C=O) groups excluding carboxylic acids is 1.